The molecule has 126 valence electrons. The molecule has 0 aromatic heterocycles. The van der Waals surface area contributed by atoms with Crippen molar-refractivity contribution in [2.75, 3.05) is 6.54 Å². The summed E-state index contributed by atoms with van der Waals surface area (Å²) in [5.74, 6) is 1.36. The van der Waals surface area contributed by atoms with E-state index in [1.54, 1.807) is 0 Å². The summed E-state index contributed by atoms with van der Waals surface area (Å²) in [6.45, 7) is 1.27. The number of nitrogens with two attached hydrogens (primary N) is 1. The highest BCUT2D eigenvalue weighted by molar-refractivity contribution is 6.40. The Hall–Kier alpha value is -0.0951. The van der Waals surface area contributed by atoms with Crippen LogP contribution in [0.25, 0.3) is 0 Å². The lowest BCUT2D eigenvalue weighted by Crippen LogP contribution is -2.51. The van der Waals surface area contributed by atoms with Crippen LogP contribution in [0, 0.1) is 11.8 Å². The van der Waals surface area contributed by atoms with Crippen molar-refractivity contribution in [2.45, 2.75) is 88.7 Å². The van der Waals surface area contributed by atoms with Gasteiger partial charge in [-0.25, -0.2) is 0 Å². The molecule has 3 saturated carbocycles. The van der Waals surface area contributed by atoms with Crippen molar-refractivity contribution in [1.82, 2.24) is 4.90 Å². The summed E-state index contributed by atoms with van der Waals surface area (Å²) < 4.78 is 0. The van der Waals surface area contributed by atoms with E-state index < -0.39 is 7.12 Å². The van der Waals surface area contributed by atoms with Gasteiger partial charge in [0.1, 0.15) is 0 Å². The molecule has 0 radical (unpaired) electrons. The van der Waals surface area contributed by atoms with Gasteiger partial charge in [0.05, 0.1) is 0 Å². The topological polar surface area (TPSA) is 69.7 Å². The average molecular weight is 308 g/mol. The Kier molecular flexibility index (Phi) is 5.82. The molecule has 0 aliphatic heterocycles. The van der Waals surface area contributed by atoms with Gasteiger partial charge >= 0.3 is 7.12 Å². The van der Waals surface area contributed by atoms with Crippen molar-refractivity contribution in [2.24, 2.45) is 17.6 Å². The maximum absolute atomic E-state index is 8.97. The lowest BCUT2D eigenvalue weighted by Gasteiger charge is -2.47. The average Bonchev–Trinajstić information content (AvgIpc) is 2.65. The molecule has 0 aromatic carbocycles. The van der Waals surface area contributed by atoms with Crippen molar-refractivity contribution >= 4 is 7.12 Å². The van der Waals surface area contributed by atoms with Gasteiger partial charge in [0.25, 0.3) is 0 Å². The summed E-state index contributed by atoms with van der Waals surface area (Å²) in [6.07, 6.45) is 13.3. The molecule has 3 aliphatic carbocycles. The second kappa shape index (κ2) is 7.65. The minimum absolute atomic E-state index is 0.325. The van der Waals surface area contributed by atoms with E-state index in [2.05, 4.69) is 4.90 Å². The molecule has 0 bridgehead atoms. The first-order valence-electron chi connectivity index (χ1n) is 9.51. The van der Waals surface area contributed by atoms with E-state index in [1.807, 2.05) is 0 Å². The molecule has 3 fully saturated rings. The zero-order chi connectivity index (χ0) is 15.5. The molecular weight excluding hydrogens is 275 g/mol. The highest BCUT2D eigenvalue weighted by Gasteiger charge is 2.38. The Bertz CT molecular complexity index is 334. The van der Waals surface area contributed by atoms with Gasteiger partial charge in [0.2, 0.25) is 0 Å². The maximum atomic E-state index is 8.97. The van der Waals surface area contributed by atoms with Crippen molar-refractivity contribution in [3.05, 3.63) is 0 Å². The number of nitrogens with zero attached hydrogens (tertiary/aromatic N) is 1. The summed E-state index contributed by atoms with van der Waals surface area (Å²) in [4.78, 5) is 2.84. The quantitative estimate of drug-likeness (QED) is 0.600. The van der Waals surface area contributed by atoms with Crippen LogP contribution in [0.2, 0.25) is 6.32 Å². The van der Waals surface area contributed by atoms with Gasteiger partial charge in [-0.15, -0.1) is 0 Å². The summed E-state index contributed by atoms with van der Waals surface area (Å²) in [5, 5.41) is 17.9. The van der Waals surface area contributed by atoms with Gasteiger partial charge in [-0.2, -0.15) is 0 Å². The van der Waals surface area contributed by atoms with Crippen molar-refractivity contribution in [3.63, 3.8) is 0 Å². The third-order valence-electron chi connectivity index (χ3n) is 6.44. The summed E-state index contributed by atoms with van der Waals surface area (Å²) in [5.41, 5.74) is 6.36. The van der Waals surface area contributed by atoms with Crippen LogP contribution in [-0.2, 0) is 0 Å². The Morgan fingerprint density at radius 1 is 1.00 bits per heavy atom. The van der Waals surface area contributed by atoms with Crippen LogP contribution >= 0.6 is 0 Å². The monoisotopic (exact) mass is 308 g/mol. The SMILES string of the molecule is N[C@H]1C[C@@H](CN(C2CCC2)C2CCC2)C[C@@H]1CCCB(O)O. The summed E-state index contributed by atoms with van der Waals surface area (Å²) >= 11 is 0. The molecule has 5 heteroatoms. The van der Waals surface area contributed by atoms with Gasteiger partial charge < -0.3 is 15.8 Å². The lowest BCUT2D eigenvalue weighted by molar-refractivity contribution is 0.0267. The van der Waals surface area contributed by atoms with E-state index in [-0.39, 0.29) is 0 Å². The lowest BCUT2D eigenvalue weighted by atomic mass is 9.81. The third kappa shape index (κ3) is 4.05. The van der Waals surface area contributed by atoms with Crippen molar-refractivity contribution in [3.8, 4) is 0 Å². The fourth-order valence-electron chi connectivity index (χ4n) is 4.65. The molecule has 0 amide bonds. The van der Waals surface area contributed by atoms with Crippen LogP contribution in [0.3, 0.4) is 0 Å². The van der Waals surface area contributed by atoms with E-state index in [0.29, 0.717) is 18.3 Å². The Morgan fingerprint density at radius 3 is 2.14 bits per heavy atom. The van der Waals surface area contributed by atoms with E-state index in [4.69, 9.17) is 15.8 Å². The fraction of sp³-hybridized carbons (Fsp3) is 1.00. The molecule has 4 N–H and O–H groups in total. The molecule has 3 rings (SSSR count). The predicted octanol–water partition coefficient (Wildman–Crippen LogP) is 2.00. The first-order chi connectivity index (χ1) is 10.6. The molecule has 0 saturated heterocycles. The minimum atomic E-state index is -1.15. The van der Waals surface area contributed by atoms with Gasteiger partial charge in [0.15, 0.2) is 0 Å². The van der Waals surface area contributed by atoms with E-state index in [9.17, 15) is 0 Å². The zero-order valence-corrected chi connectivity index (χ0v) is 13.9. The van der Waals surface area contributed by atoms with Gasteiger partial charge in [-0.1, -0.05) is 19.3 Å². The smallest absolute Gasteiger partial charge is 0.427 e. The first-order valence-corrected chi connectivity index (χ1v) is 9.51. The van der Waals surface area contributed by atoms with Crippen LogP contribution in [-0.4, -0.2) is 46.7 Å². The molecular formula is C17H33BN2O2. The van der Waals surface area contributed by atoms with Crippen LogP contribution in [0.5, 0.6) is 0 Å². The normalized spacial score (nSPS) is 33.0. The highest BCUT2D eigenvalue weighted by Crippen LogP contribution is 2.39. The molecule has 3 aliphatic rings. The zero-order valence-electron chi connectivity index (χ0n) is 13.9. The Balaban J connectivity index is 1.45. The van der Waals surface area contributed by atoms with E-state index >= 15 is 0 Å². The van der Waals surface area contributed by atoms with Crippen LogP contribution < -0.4 is 5.73 Å². The Labute approximate surface area is 135 Å². The van der Waals surface area contributed by atoms with Crippen molar-refractivity contribution in [1.29, 1.82) is 0 Å². The molecule has 0 heterocycles. The van der Waals surface area contributed by atoms with E-state index in [1.165, 1.54) is 57.9 Å². The number of hydrogen-bond acceptors (Lipinski definition) is 4. The molecule has 3 atom stereocenters. The minimum Gasteiger partial charge on any atom is -0.427 e. The van der Waals surface area contributed by atoms with E-state index in [0.717, 1.165) is 30.8 Å². The maximum Gasteiger partial charge on any atom is 0.451 e. The van der Waals surface area contributed by atoms with Gasteiger partial charge in [-0.3, -0.25) is 4.90 Å². The number of rotatable bonds is 8. The standard InChI is InChI=1S/C17H33BN2O2/c19-17-11-13(10-14(17)4-3-9-18(21)22)12-20(15-5-1-6-15)16-7-2-8-16/h13-17,21-22H,1-12,19H2/t13-,14-,17-/m0/s1. The Morgan fingerprint density at radius 2 is 1.64 bits per heavy atom. The largest absolute Gasteiger partial charge is 0.451 e. The molecule has 22 heavy (non-hydrogen) atoms. The van der Waals surface area contributed by atoms with Gasteiger partial charge in [0, 0.05) is 24.7 Å². The van der Waals surface area contributed by atoms with Crippen molar-refractivity contribution < 1.29 is 10.0 Å². The molecule has 4 nitrogen and oxygen atoms in total. The third-order valence-corrected chi connectivity index (χ3v) is 6.44. The van der Waals surface area contributed by atoms with Gasteiger partial charge in [-0.05, 0) is 63.1 Å². The summed E-state index contributed by atoms with van der Waals surface area (Å²) in [7, 11) is -1.15. The van der Waals surface area contributed by atoms with Crippen LogP contribution in [0.1, 0.15) is 64.2 Å². The second-order valence-electron chi connectivity index (χ2n) is 8.04. The molecule has 0 spiro atoms. The molecule has 0 aromatic rings. The fourth-order valence-corrected chi connectivity index (χ4v) is 4.65. The second-order valence-corrected chi connectivity index (χ2v) is 8.04. The first kappa shape index (κ1) is 16.8. The number of hydrogen-bond donors (Lipinski definition) is 3. The highest BCUT2D eigenvalue weighted by atomic mass is 16.4. The van der Waals surface area contributed by atoms with Crippen LogP contribution in [0.4, 0.5) is 0 Å². The predicted molar refractivity (Wildman–Crippen MR) is 90.4 cm³/mol. The van der Waals surface area contributed by atoms with Crippen LogP contribution in [0.15, 0.2) is 0 Å². The summed E-state index contributed by atoms with van der Waals surface area (Å²) in [6, 6.07) is 2.06. The molecule has 0 unspecified atom stereocenters.